The number of carbonyl (C=O) groups is 1. The van der Waals surface area contributed by atoms with Gasteiger partial charge in [-0.2, -0.15) is 0 Å². The van der Waals surface area contributed by atoms with Crippen LogP contribution in [-0.4, -0.2) is 5.97 Å². The Morgan fingerprint density at radius 2 is 1.95 bits per heavy atom. The van der Waals surface area contributed by atoms with E-state index >= 15 is 0 Å². The van der Waals surface area contributed by atoms with E-state index in [0.29, 0.717) is 18.6 Å². The number of carboxylic acid groups (broad SMARTS) is 1. The molecule has 0 saturated heterocycles. The van der Waals surface area contributed by atoms with Crippen molar-refractivity contribution in [1.82, 2.24) is 0 Å². The summed E-state index contributed by atoms with van der Waals surface area (Å²) in [5.41, 5.74) is 2.81. The van der Waals surface area contributed by atoms with Crippen molar-refractivity contribution in [2.24, 2.45) is 0 Å². The molecule has 0 spiro atoms. The van der Waals surface area contributed by atoms with E-state index in [9.17, 15) is 9.90 Å². The molecule has 0 atom stereocenters. The third-order valence-corrected chi connectivity index (χ3v) is 3.50. The van der Waals surface area contributed by atoms with E-state index in [0.717, 1.165) is 22.4 Å². The van der Waals surface area contributed by atoms with Crippen LogP contribution in [0.3, 0.4) is 0 Å². The summed E-state index contributed by atoms with van der Waals surface area (Å²) in [6.07, 6.45) is 1.24. The van der Waals surface area contributed by atoms with E-state index in [4.69, 9.17) is 4.74 Å². The van der Waals surface area contributed by atoms with Crippen molar-refractivity contribution < 1.29 is 83.5 Å². The van der Waals surface area contributed by atoms with Crippen LogP contribution in [0.1, 0.15) is 34.0 Å². The number of ether oxygens (including phenoxy) is 1. The molecule has 0 saturated carbocycles. The van der Waals surface area contributed by atoms with Crippen LogP contribution < -0.4 is 78.7 Å². The maximum atomic E-state index is 11.4. The molecular weight excluding hydrogens is 373 g/mol. The van der Waals surface area contributed by atoms with Gasteiger partial charge >= 0.3 is 68.9 Å². The predicted octanol–water partition coefficient (Wildman–Crippen LogP) is -0.687. The normalized spacial score (nSPS) is 11.7. The fourth-order valence-corrected chi connectivity index (χ4v) is 2.56. The molecule has 4 heteroatoms. The standard InChI is InChI=1S/C16H14O3.Cs/c1-2-10-7-8-14-12(15(10)16(17)18)9-11-5-3-4-6-13(11)19-14;/h3-8H,2,9H2,1H3,(H,17,18);/q;+1/p-1. The Morgan fingerprint density at radius 3 is 2.65 bits per heavy atom. The Bertz CT molecular complexity index is 665. The molecule has 0 aromatic heterocycles. The van der Waals surface area contributed by atoms with Crippen LogP contribution in [0.25, 0.3) is 0 Å². The monoisotopic (exact) mass is 386 g/mol. The van der Waals surface area contributed by atoms with E-state index in [2.05, 4.69) is 0 Å². The average Bonchev–Trinajstić information content (AvgIpc) is 2.43. The second-order valence-electron chi connectivity index (χ2n) is 4.60. The van der Waals surface area contributed by atoms with Crippen LogP contribution in [0.4, 0.5) is 0 Å². The van der Waals surface area contributed by atoms with Gasteiger partial charge in [0.25, 0.3) is 0 Å². The average molecular weight is 386 g/mol. The molecule has 1 aliphatic heterocycles. The van der Waals surface area contributed by atoms with Gasteiger partial charge in [-0.25, -0.2) is 0 Å². The minimum absolute atomic E-state index is 0. The topological polar surface area (TPSA) is 49.4 Å². The second kappa shape index (κ2) is 6.68. The van der Waals surface area contributed by atoms with Gasteiger partial charge < -0.3 is 14.6 Å². The number of carboxylic acids is 1. The zero-order chi connectivity index (χ0) is 13.4. The fourth-order valence-electron chi connectivity index (χ4n) is 2.56. The smallest absolute Gasteiger partial charge is 0.545 e. The van der Waals surface area contributed by atoms with Crippen molar-refractivity contribution in [3.8, 4) is 11.5 Å². The van der Waals surface area contributed by atoms with Gasteiger partial charge in [0.15, 0.2) is 0 Å². The number of aromatic carboxylic acids is 1. The molecule has 0 amide bonds. The maximum absolute atomic E-state index is 11.4. The van der Waals surface area contributed by atoms with Gasteiger partial charge in [-0.05, 0) is 29.7 Å². The summed E-state index contributed by atoms with van der Waals surface area (Å²) in [6.45, 7) is 1.94. The molecule has 96 valence electrons. The number of benzene rings is 2. The second-order valence-corrected chi connectivity index (χ2v) is 4.60. The van der Waals surface area contributed by atoms with Crippen LogP contribution >= 0.6 is 0 Å². The van der Waals surface area contributed by atoms with Gasteiger partial charge in [0.2, 0.25) is 0 Å². The molecule has 3 nitrogen and oxygen atoms in total. The van der Waals surface area contributed by atoms with Gasteiger partial charge in [0, 0.05) is 17.5 Å². The van der Waals surface area contributed by atoms with Crippen LogP contribution in [0.15, 0.2) is 36.4 Å². The molecule has 1 aliphatic rings. The number of para-hydroxylation sites is 1. The first-order valence-electron chi connectivity index (χ1n) is 6.32. The minimum Gasteiger partial charge on any atom is -0.545 e. The Kier molecular flexibility index (Phi) is 5.39. The quantitative estimate of drug-likeness (QED) is 0.586. The van der Waals surface area contributed by atoms with Gasteiger partial charge in [0.05, 0.1) is 5.97 Å². The summed E-state index contributed by atoms with van der Waals surface area (Å²) in [5, 5.41) is 11.4. The number of rotatable bonds is 2. The summed E-state index contributed by atoms with van der Waals surface area (Å²) in [7, 11) is 0. The van der Waals surface area contributed by atoms with E-state index < -0.39 is 5.97 Å². The molecule has 0 bridgehead atoms. The third-order valence-electron chi connectivity index (χ3n) is 3.50. The molecule has 0 aliphatic carbocycles. The van der Waals surface area contributed by atoms with E-state index in [-0.39, 0.29) is 74.5 Å². The predicted molar refractivity (Wildman–Crippen MR) is 69.5 cm³/mol. The number of aryl methyl sites for hydroxylation is 1. The molecule has 3 rings (SSSR count). The zero-order valence-electron chi connectivity index (χ0n) is 11.6. The first-order chi connectivity index (χ1) is 9.20. The van der Waals surface area contributed by atoms with Gasteiger partial charge in [-0.15, -0.1) is 0 Å². The minimum atomic E-state index is -1.13. The fraction of sp³-hybridized carbons (Fsp3) is 0.188. The Balaban J connectivity index is 0.00000147. The van der Waals surface area contributed by atoms with Crippen molar-refractivity contribution in [2.45, 2.75) is 19.8 Å². The summed E-state index contributed by atoms with van der Waals surface area (Å²) in [6, 6.07) is 11.3. The van der Waals surface area contributed by atoms with Crippen LogP contribution in [-0.2, 0) is 12.8 Å². The summed E-state index contributed by atoms with van der Waals surface area (Å²) < 4.78 is 5.78. The van der Waals surface area contributed by atoms with Crippen molar-refractivity contribution >= 4 is 5.97 Å². The maximum Gasteiger partial charge on any atom is 1.00 e. The molecule has 0 N–H and O–H groups in total. The van der Waals surface area contributed by atoms with Gasteiger partial charge in [0.1, 0.15) is 11.5 Å². The first kappa shape index (κ1) is 16.1. The van der Waals surface area contributed by atoms with E-state index in [1.165, 1.54) is 0 Å². The SMILES string of the molecule is CCc1ccc2c(c1C(=O)[O-])Cc1ccccc1O2.[Cs+]. The van der Waals surface area contributed by atoms with Crippen LogP contribution in [0, 0.1) is 0 Å². The largest absolute Gasteiger partial charge is 1.00 e. The van der Waals surface area contributed by atoms with Crippen molar-refractivity contribution in [3.05, 3.63) is 58.7 Å². The molecule has 0 fully saturated rings. The van der Waals surface area contributed by atoms with Crippen molar-refractivity contribution in [2.75, 3.05) is 0 Å². The Morgan fingerprint density at radius 1 is 1.20 bits per heavy atom. The molecular formula is C16H13CsO3. The van der Waals surface area contributed by atoms with E-state index in [1.54, 1.807) is 6.07 Å². The van der Waals surface area contributed by atoms with Crippen molar-refractivity contribution in [3.63, 3.8) is 0 Å². The first-order valence-corrected chi connectivity index (χ1v) is 6.32. The third kappa shape index (κ3) is 2.86. The van der Waals surface area contributed by atoms with Crippen LogP contribution in [0.5, 0.6) is 11.5 Å². The van der Waals surface area contributed by atoms with E-state index in [1.807, 2.05) is 37.3 Å². The summed E-state index contributed by atoms with van der Waals surface area (Å²) in [5.74, 6) is 0.287. The molecule has 2 aromatic rings. The number of carbonyl (C=O) groups excluding carboxylic acids is 1. The molecule has 20 heavy (non-hydrogen) atoms. The number of fused-ring (bicyclic) bond motifs is 2. The Hall–Kier alpha value is -0.238. The molecule has 0 radical (unpaired) electrons. The van der Waals surface area contributed by atoms with Gasteiger partial charge in [-0.1, -0.05) is 31.2 Å². The molecule has 2 aromatic carbocycles. The molecule has 0 unspecified atom stereocenters. The Labute approximate surface area is 176 Å². The number of hydrogen-bond acceptors (Lipinski definition) is 3. The van der Waals surface area contributed by atoms with Crippen molar-refractivity contribution in [1.29, 1.82) is 0 Å². The zero-order valence-corrected chi connectivity index (χ0v) is 17.9. The summed E-state index contributed by atoms with van der Waals surface area (Å²) in [4.78, 5) is 11.4. The summed E-state index contributed by atoms with van der Waals surface area (Å²) >= 11 is 0. The molecule has 1 heterocycles. The van der Waals surface area contributed by atoms with Gasteiger partial charge in [-0.3, -0.25) is 0 Å². The number of hydrogen-bond donors (Lipinski definition) is 0. The van der Waals surface area contributed by atoms with Crippen LogP contribution in [0.2, 0.25) is 0 Å².